The molecule has 0 radical (unpaired) electrons. The van der Waals surface area contributed by atoms with E-state index in [0.717, 1.165) is 0 Å². The Balaban J connectivity index is 1.92. The Kier molecular flexibility index (Phi) is 2.80. The van der Waals surface area contributed by atoms with Crippen molar-refractivity contribution < 1.29 is 0 Å². The van der Waals surface area contributed by atoms with Crippen LogP contribution in [0.4, 0.5) is 0 Å². The molecular formula is C24H14N2S2. The van der Waals surface area contributed by atoms with E-state index in [1.165, 1.54) is 52.2 Å². The van der Waals surface area contributed by atoms with Gasteiger partial charge in [0.15, 0.2) is 0 Å². The van der Waals surface area contributed by atoms with Crippen LogP contribution in [0, 0.1) is 0 Å². The molecule has 3 aliphatic rings. The van der Waals surface area contributed by atoms with E-state index in [1.807, 2.05) is 22.7 Å². The molecule has 7 rings (SSSR count). The molecule has 0 fully saturated rings. The van der Waals surface area contributed by atoms with E-state index in [1.54, 1.807) is 0 Å². The summed E-state index contributed by atoms with van der Waals surface area (Å²) >= 11 is 3.73. The first kappa shape index (κ1) is 14.9. The lowest BCUT2D eigenvalue weighted by Gasteiger charge is -2.28. The third kappa shape index (κ3) is 1.77. The molecule has 4 heteroatoms. The Hall–Kier alpha value is -3.08. The predicted octanol–water partition coefficient (Wildman–Crippen LogP) is 7.44. The molecule has 0 N–H and O–H groups in total. The average Bonchev–Trinajstić information content (AvgIpc) is 2.75. The number of aromatic nitrogens is 2. The fraction of sp³-hybridized carbons (Fsp3) is 0. The van der Waals surface area contributed by atoms with Crippen molar-refractivity contribution in [3.8, 4) is 11.4 Å². The molecule has 132 valence electrons. The van der Waals surface area contributed by atoms with Gasteiger partial charge in [-0.3, -0.25) is 0 Å². The molecular weight excluding hydrogens is 380 g/mol. The zero-order valence-corrected chi connectivity index (χ0v) is 16.4. The van der Waals surface area contributed by atoms with Crippen molar-refractivity contribution in [3.05, 3.63) is 84.9 Å². The smallest absolute Gasteiger partial charge is 0.0878 e. The van der Waals surface area contributed by atoms with Crippen LogP contribution in [0.15, 0.2) is 84.9 Å². The average molecular weight is 395 g/mol. The summed E-state index contributed by atoms with van der Waals surface area (Å²) in [4.78, 5) is 0. The molecule has 0 atom stereocenters. The second-order valence-electron chi connectivity index (χ2n) is 7.06. The van der Waals surface area contributed by atoms with Gasteiger partial charge in [-0.15, -0.1) is 22.7 Å². The highest BCUT2D eigenvalue weighted by Crippen LogP contribution is 2.44. The summed E-state index contributed by atoms with van der Waals surface area (Å²) in [6, 6.07) is 30.8. The molecule has 28 heavy (non-hydrogen) atoms. The van der Waals surface area contributed by atoms with E-state index < -0.39 is 0 Å². The minimum atomic E-state index is 1.26. The lowest BCUT2D eigenvalue weighted by atomic mass is 10.1. The lowest BCUT2D eigenvalue weighted by molar-refractivity contribution is 1.08. The summed E-state index contributed by atoms with van der Waals surface area (Å²) < 4.78 is 10.1. The normalized spacial score (nSPS) is 12.3. The van der Waals surface area contributed by atoms with Crippen LogP contribution in [0.1, 0.15) is 0 Å². The van der Waals surface area contributed by atoms with Crippen LogP contribution >= 0.6 is 22.7 Å². The molecule has 0 unspecified atom stereocenters. The molecule has 0 saturated heterocycles. The van der Waals surface area contributed by atoms with Crippen LogP contribution in [0.3, 0.4) is 0 Å². The van der Waals surface area contributed by atoms with Crippen molar-refractivity contribution in [1.29, 1.82) is 0 Å². The zero-order chi connectivity index (χ0) is 18.2. The van der Waals surface area contributed by atoms with Crippen LogP contribution < -0.4 is 0 Å². The fourth-order valence-corrected chi connectivity index (χ4v) is 6.60. The van der Waals surface area contributed by atoms with Gasteiger partial charge in [0, 0.05) is 0 Å². The predicted molar refractivity (Wildman–Crippen MR) is 122 cm³/mol. The first-order valence-corrected chi connectivity index (χ1v) is 10.9. The van der Waals surface area contributed by atoms with Crippen molar-refractivity contribution >= 4 is 63.5 Å². The highest BCUT2D eigenvalue weighted by molar-refractivity contribution is 7.24. The number of hydrogen-bond donors (Lipinski definition) is 0. The van der Waals surface area contributed by atoms with Crippen molar-refractivity contribution in [2.45, 2.75) is 0 Å². The second-order valence-corrected chi connectivity index (χ2v) is 9.23. The van der Waals surface area contributed by atoms with Gasteiger partial charge in [0.05, 0.1) is 52.2 Å². The van der Waals surface area contributed by atoms with E-state index in [9.17, 15) is 0 Å². The molecule has 3 aliphatic heterocycles. The first-order chi connectivity index (χ1) is 13.9. The quantitative estimate of drug-likeness (QED) is 0.187. The number of benzene rings is 4. The van der Waals surface area contributed by atoms with E-state index in [4.69, 9.17) is 0 Å². The van der Waals surface area contributed by atoms with E-state index >= 15 is 0 Å². The van der Waals surface area contributed by atoms with Crippen LogP contribution in [-0.2, 0) is 0 Å². The van der Waals surface area contributed by atoms with E-state index in [2.05, 4.69) is 94.1 Å². The maximum absolute atomic E-state index is 2.46. The Labute approximate surface area is 168 Å². The summed E-state index contributed by atoms with van der Waals surface area (Å²) in [6.45, 7) is 0. The van der Waals surface area contributed by atoms with Gasteiger partial charge in [0.25, 0.3) is 0 Å². The van der Waals surface area contributed by atoms with Crippen LogP contribution in [0.5, 0.6) is 0 Å². The molecule has 0 aliphatic carbocycles. The standard InChI is InChI=1S/C24H14N2S2/c1-3-11-19-15(7-1)25-17-9-5-14-22-24(17)26(16-8-2-4-12-20(16)28-22)18-10-6-13-21(27-19)23(18)25/h1-14H. The Bertz CT molecular complexity index is 1500. The number of hydrogen-bond acceptors (Lipinski definition) is 2. The van der Waals surface area contributed by atoms with Crippen molar-refractivity contribution in [2.75, 3.05) is 0 Å². The van der Waals surface area contributed by atoms with Gasteiger partial charge in [0.1, 0.15) is 0 Å². The summed E-state index contributed by atoms with van der Waals surface area (Å²) in [5.41, 5.74) is 7.63. The molecule has 4 aromatic carbocycles. The monoisotopic (exact) mass is 394 g/mol. The third-order valence-corrected chi connectivity index (χ3v) is 7.77. The molecule has 3 heterocycles. The number of para-hydroxylation sites is 4. The topological polar surface area (TPSA) is 9.86 Å². The molecule has 0 amide bonds. The van der Waals surface area contributed by atoms with Gasteiger partial charge in [-0.25, -0.2) is 0 Å². The van der Waals surface area contributed by atoms with Gasteiger partial charge in [0.2, 0.25) is 0 Å². The molecule has 4 aromatic rings. The van der Waals surface area contributed by atoms with Crippen molar-refractivity contribution in [1.82, 2.24) is 9.13 Å². The molecule has 0 spiro atoms. The van der Waals surface area contributed by atoms with Gasteiger partial charge in [-0.1, -0.05) is 36.4 Å². The Morgan fingerprint density at radius 2 is 0.786 bits per heavy atom. The third-order valence-electron chi connectivity index (χ3n) is 5.54. The van der Waals surface area contributed by atoms with Gasteiger partial charge in [-0.2, -0.15) is 0 Å². The van der Waals surface area contributed by atoms with Gasteiger partial charge >= 0.3 is 0 Å². The van der Waals surface area contributed by atoms with E-state index in [0.29, 0.717) is 0 Å². The lowest BCUT2D eigenvalue weighted by Crippen LogP contribution is -2.12. The highest BCUT2D eigenvalue weighted by atomic mass is 32.1. The maximum Gasteiger partial charge on any atom is 0.0878 e. The van der Waals surface area contributed by atoms with Crippen LogP contribution in [0.25, 0.3) is 52.2 Å². The van der Waals surface area contributed by atoms with Crippen LogP contribution in [-0.4, -0.2) is 9.13 Å². The summed E-state index contributed by atoms with van der Waals surface area (Å²) in [7, 11) is 0. The molecule has 0 bridgehead atoms. The molecule has 0 saturated carbocycles. The van der Waals surface area contributed by atoms with Crippen LogP contribution in [0.2, 0.25) is 0 Å². The Morgan fingerprint density at radius 1 is 0.393 bits per heavy atom. The number of nitrogens with zero attached hydrogens (tertiary/aromatic N) is 2. The Morgan fingerprint density at radius 3 is 1.29 bits per heavy atom. The first-order valence-electron chi connectivity index (χ1n) is 9.30. The highest BCUT2D eigenvalue weighted by Gasteiger charge is 2.23. The SMILES string of the molecule is c1ccc2c(c1)sc1cccc3c1-n2c1cccc2sc4ccccc4n3-c21. The number of fused-ring (bicyclic) bond motifs is 6. The summed E-state index contributed by atoms with van der Waals surface area (Å²) in [5.74, 6) is 0. The van der Waals surface area contributed by atoms with Gasteiger partial charge in [-0.05, 0) is 48.5 Å². The zero-order valence-electron chi connectivity index (χ0n) is 14.8. The minimum absolute atomic E-state index is 1.26. The molecule has 0 aromatic heterocycles. The summed E-state index contributed by atoms with van der Waals surface area (Å²) in [5, 5.41) is 0. The van der Waals surface area contributed by atoms with E-state index in [-0.39, 0.29) is 0 Å². The fourth-order valence-electron chi connectivity index (χ4n) is 4.43. The maximum atomic E-state index is 2.46. The summed E-state index contributed by atoms with van der Waals surface area (Å²) in [6.07, 6.45) is 0. The van der Waals surface area contributed by atoms with Gasteiger partial charge < -0.3 is 9.13 Å². The van der Waals surface area contributed by atoms with Crippen molar-refractivity contribution in [2.24, 2.45) is 0 Å². The minimum Gasteiger partial charge on any atom is -0.304 e. The molecule has 2 nitrogen and oxygen atoms in total. The van der Waals surface area contributed by atoms with Crippen molar-refractivity contribution in [3.63, 3.8) is 0 Å². The largest absolute Gasteiger partial charge is 0.304 e. The number of rotatable bonds is 0. The second kappa shape index (κ2) is 5.25.